The molecule has 22 heavy (non-hydrogen) atoms. The summed E-state index contributed by atoms with van der Waals surface area (Å²) >= 11 is 1.45. The summed E-state index contributed by atoms with van der Waals surface area (Å²) in [5.41, 5.74) is 0.787. The molecule has 0 spiro atoms. The number of thiazole rings is 1. The standard InChI is InChI=1S/C14H17N3O3S2/c1-10-16-12-5-4-11(8-13(12)21-10)22(19,20)15-9-14(18)17-6-2-3-7-17/h4-5,8,15H,2-3,6-7,9H2,1H3. The highest BCUT2D eigenvalue weighted by Crippen LogP contribution is 2.24. The summed E-state index contributed by atoms with van der Waals surface area (Å²) in [4.78, 5) is 18.1. The maximum Gasteiger partial charge on any atom is 0.241 e. The Morgan fingerprint density at radius 3 is 2.82 bits per heavy atom. The van der Waals surface area contributed by atoms with E-state index >= 15 is 0 Å². The topological polar surface area (TPSA) is 79.4 Å². The summed E-state index contributed by atoms with van der Waals surface area (Å²) in [6.45, 7) is 3.12. The molecular formula is C14H17N3O3S2. The van der Waals surface area contributed by atoms with Gasteiger partial charge in [0.1, 0.15) is 0 Å². The van der Waals surface area contributed by atoms with E-state index in [9.17, 15) is 13.2 Å². The molecule has 118 valence electrons. The van der Waals surface area contributed by atoms with Gasteiger partial charge in [-0.1, -0.05) is 0 Å². The Hall–Kier alpha value is -1.51. The fourth-order valence-electron chi connectivity index (χ4n) is 2.51. The molecular weight excluding hydrogens is 322 g/mol. The number of nitrogens with one attached hydrogen (secondary N) is 1. The van der Waals surface area contributed by atoms with E-state index < -0.39 is 10.0 Å². The Kier molecular flexibility index (Phi) is 4.16. The zero-order valence-corrected chi connectivity index (χ0v) is 13.8. The number of sulfonamides is 1. The largest absolute Gasteiger partial charge is 0.342 e. The van der Waals surface area contributed by atoms with Crippen LogP contribution in [0.3, 0.4) is 0 Å². The van der Waals surface area contributed by atoms with Gasteiger partial charge in [0.25, 0.3) is 0 Å². The first-order valence-electron chi connectivity index (χ1n) is 7.10. The average molecular weight is 339 g/mol. The molecule has 1 aromatic carbocycles. The third-order valence-electron chi connectivity index (χ3n) is 3.65. The molecule has 2 heterocycles. The smallest absolute Gasteiger partial charge is 0.241 e. The number of hydrogen-bond acceptors (Lipinski definition) is 5. The van der Waals surface area contributed by atoms with Crippen LogP contribution in [-0.2, 0) is 14.8 Å². The highest BCUT2D eigenvalue weighted by atomic mass is 32.2. The third kappa shape index (κ3) is 3.13. The minimum Gasteiger partial charge on any atom is -0.342 e. The number of carbonyl (C=O) groups excluding carboxylic acids is 1. The summed E-state index contributed by atoms with van der Waals surface area (Å²) in [7, 11) is -3.69. The second-order valence-electron chi connectivity index (χ2n) is 5.27. The molecule has 0 saturated carbocycles. The van der Waals surface area contributed by atoms with Gasteiger partial charge in [0.15, 0.2) is 0 Å². The first-order valence-corrected chi connectivity index (χ1v) is 9.40. The van der Waals surface area contributed by atoms with Gasteiger partial charge >= 0.3 is 0 Å². The van der Waals surface area contributed by atoms with E-state index in [2.05, 4.69) is 9.71 Å². The maximum absolute atomic E-state index is 12.3. The number of fused-ring (bicyclic) bond motifs is 1. The zero-order valence-electron chi connectivity index (χ0n) is 12.2. The van der Waals surface area contributed by atoms with E-state index in [1.165, 1.54) is 17.4 Å². The summed E-state index contributed by atoms with van der Waals surface area (Å²) in [5, 5.41) is 0.890. The summed E-state index contributed by atoms with van der Waals surface area (Å²) in [5.74, 6) is -0.171. The van der Waals surface area contributed by atoms with Gasteiger partial charge in [-0.2, -0.15) is 0 Å². The second-order valence-corrected chi connectivity index (χ2v) is 8.28. The molecule has 0 unspecified atom stereocenters. The number of rotatable bonds is 4. The van der Waals surface area contributed by atoms with E-state index in [1.54, 1.807) is 17.0 Å². The van der Waals surface area contributed by atoms with Crippen LogP contribution >= 0.6 is 11.3 Å². The van der Waals surface area contributed by atoms with Gasteiger partial charge in [0.05, 0.1) is 26.7 Å². The van der Waals surface area contributed by atoms with Crippen molar-refractivity contribution in [1.29, 1.82) is 0 Å². The molecule has 1 amide bonds. The van der Waals surface area contributed by atoms with Crippen molar-refractivity contribution in [3.8, 4) is 0 Å². The van der Waals surface area contributed by atoms with Gasteiger partial charge in [0, 0.05) is 13.1 Å². The predicted octanol–water partition coefficient (Wildman–Crippen LogP) is 1.51. The number of carbonyl (C=O) groups is 1. The molecule has 6 nitrogen and oxygen atoms in total. The quantitative estimate of drug-likeness (QED) is 0.916. The van der Waals surface area contributed by atoms with Crippen LogP contribution in [0.4, 0.5) is 0 Å². The molecule has 0 radical (unpaired) electrons. The zero-order chi connectivity index (χ0) is 15.7. The van der Waals surface area contributed by atoms with Crippen molar-refractivity contribution < 1.29 is 13.2 Å². The lowest BCUT2D eigenvalue weighted by Gasteiger charge is -2.15. The van der Waals surface area contributed by atoms with Crippen LogP contribution < -0.4 is 4.72 Å². The molecule has 0 aliphatic carbocycles. The van der Waals surface area contributed by atoms with Crippen LogP contribution in [0.25, 0.3) is 10.2 Å². The second kappa shape index (κ2) is 5.94. The lowest BCUT2D eigenvalue weighted by molar-refractivity contribution is -0.128. The third-order valence-corrected chi connectivity index (χ3v) is 5.98. The Labute approximate surface area is 133 Å². The van der Waals surface area contributed by atoms with E-state index in [4.69, 9.17) is 0 Å². The Balaban J connectivity index is 1.74. The lowest BCUT2D eigenvalue weighted by atomic mass is 10.3. The van der Waals surface area contributed by atoms with Crippen molar-refractivity contribution in [1.82, 2.24) is 14.6 Å². The van der Waals surface area contributed by atoms with Crippen molar-refractivity contribution >= 4 is 37.5 Å². The molecule has 0 bridgehead atoms. The number of nitrogens with zero attached hydrogens (tertiary/aromatic N) is 2. The summed E-state index contributed by atoms with van der Waals surface area (Å²) < 4.78 is 27.8. The maximum atomic E-state index is 12.3. The lowest BCUT2D eigenvalue weighted by Crippen LogP contribution is -2.38. The number of hydrogen-bond donors (Lipinski definition) is 1. The Bertz CT molecular complexity index is 808. The molecule has 1 aromatic heterocycles. The number of aromatic nitrogens is 1. The molecule has 0 atom stereocenters. The highest BCUT2D eigenvalue weighted by Gasteiger charge is 2.21. The van der Waals surface area contributed by atoms with E-state index in [0.717, 1.165) is 28.1 Å². The van der Waals surface area contributed by atoms with Crippen molar-refractivity contribution in [3.05, 3.63) is 23.2 Å². The van der Waals surface area contributed by atoms with Crippen molar-refractivity contribution in [2.45, 2.75) is 24.7 Å². The van der Waals surface area contributed by atoms with Crippen LogP contribution in [0.5, 0.6) is 0 Å². The molecule has 3 rings (SSSR count). The molecule has 1 saturated heterocycles. The molecule has 1 aliphatic rings. The molecule has 1 fully saturated rings. The van der Waals surface area contributed by atoms with Gasteiger partial charge in [-0.25, -0.2) is 18.1 Å². The van der Waals surface area contributed by atoms with Crippen LogP contribution in [-0.4, -0.2) is 43.8 Å². The minimum absolute atomic E-state index is 0.165. The first kappa shape index (κ1) is 15.4. The minimum atomic E-state index is -3.69. The Morgan fingerprint density at radius 1 is 1.36 bits per heavy atom. The van der Waals surface area contributed by atoms with Crippen LogP contribution in [0, 0.1) is 6.92 Å². The van der Waals surface area contributed by atoms with Gasteiger partial charge in [-0.05, 0) is 38.0 Å². The van der Waals surface area contributed by atoms with Gasteiger partial charge in [-0.3, -0.25) is 4.79 Å². The molecule has 8 heteroatoms. The highest BCUT2D eigenvalue weighted by molar-refractivity contribution is 7.89. The van der Waals surface area contributed by atoms with Crippen molar-refractivity contribution in [3.63, 3.8) is 0 Å². The van der Waals surface area contributed by atoms with E-state index in [1.807, 2.05) is 6.92 Å². The van der Waals surface area contributed by atoms with E-state index in [-0.39, 0.29) is 17.3 Å². The van der Waals surface area contributed by atoms with Gasteiger partial charge in [-0.15, -0.1) is 11.3 Å². The SMILES string of the molecule is Cc1nc2ccc(S(=O)(=O)NCC(=O)N3CCCC3)cc2s1. The van der Waals surface area contributed by atoms with Gasteiger partial charge in [0.2, 0.25) is 15.9 Å². The van der Waals surface area contributed by atoms with Crippen LogP contribution in [0.1, 0.15) is 17.8 Å². The first-order chi connectivity index (χ1) is 10.5. The van der Waals surface area contributed by atoms with Gasteiger partial charge < -0.3 is 4.90 Å². The van der Waals surface area contributed by atoms with Crippen LogP contribution in [0.15, 0.2) is 23.1 Å². The predicted molar refractivity (Wildman–Crippen MR) is 85.4 cm³/mol. The number of likely N-dealkylation sites (tertiary alicyclic amines) is 1. The molecule has 1 N–H and O–H groups in total. The summed E-state index contributed by atoms with van der Waals surface area (Å²) in [6.07, 6.45) is 1.97. The summed E-state index contributed by atoms with van der Waals surface area (Å²) in [6, 6.07) is 4.81. The molecule has 2 aromatic rings. The number of amides is 1. The number of aryl methyl sites for hydroxylation is 1. The van der Waals surface area contributed by atoms with E-state index in [0.29, 0.717) is 13.1 Å². The van der Waals surface area contributed by atoms with Crippen molar-refractivity contribution in [2.75, 3.05) is 19.6 Å². The molecule has 1 aliphatic heterocycles. The fourth-order valence-corrected chi connectivity index (χ4v) is 4.45. The normalized spacial score (nSPS) is 15.6. The Morgan fingerprint density at radius 2 is 2.09 bits per heavy atom. The fraction of sp³-hybridized carbons (Fsp3) is 0.429. The van der Waals surface area contributed by atoms with Crippen molar-refractivity contribution in [2.24, 2.45) is 0 Å². The monoisotopic (exact) mass is 339 g/mol. The number of benzene rings is 1. The average Bonchev–Trinajstić information content (AvgIpc) is 3.12. The van der Waals surface area contributed by atoms with Crippen LogP contribution in [0.2, 0.25) is 0 Å².